The SMILES string of the molecule is CC(C)c1coc(C(C)C2(C)CCCC2)c1.CCC. The first kappa shape index (κ1) is 16.3. The molecule has 1 aromatic rings. The normalized spacial score (nSPS) is 19.1. The van der Waals surface area contributed by atoms with Crippen LogP contribution >= 0.6 is 0 Å². The van der Waals surface area contributed by atoms with Gasteiger partial charge in [0.25, 0.3) is 0 Å². The molecule has 1 aliphatic carbocycles. The summed E-state index contributed by atoms with van der Waals surface area (Å²) in [5.41, 5.74) is 1.80. The summed E-state index contributed by atoms with van der Waals surface area (Å²) < 4.78 is 5.77. The zero-order valence-electron chi connectivity index (χ0n) is 13.8. The average Bonchev–Trinajstić information content (AvgIpc) is 2.98. The molecule has 0 amide bonds. The number of rotatable bonds is 3. The lowest BCUT2D eigenvalue weighted by molar-refractivity contribution is 0.246. The molecule has 0 aliphatic heterocycles. The van der Waals surface area contributed by atoms with Crippen molar-refractivity contribution >= 4 is 0 Å². The van der Waals surface area contributed by atoms with Crippen molar-refractivity contribution in [3.05, 3.63) is 23.7 Å². The van der Waals surface area contributed by atoms with E-state index in [9.17, 15) is 0 Å². The minimum atomic E-state index is 0.464. The van der Waals surface area contributed by atoms with Crippen LogP contribution in [0.2, 0.25) is 0 Å². The van der Waals surface area contributed by atoms with E-state index < -0.39 is 0 Å². The molecule has 1 saturated carbocycles. The average molecular weight is 264 g/mol. The fraction of sp³-hybridized carbons (Fsp3) is 0.778. The lowest BCUT2D eigenvalue weighted by Gasteiger charge is -2.29. The van der Waals surface area contributed by atoms with Crippen LogP contribution in [0.5, 0.6) is 0 Å². The van der Waals surface area contributed by atoms with Crippen LogP contribution in [0.4, 0.5) is 0 Å². The fourth-order valence-corrected chi connectivity index (χ4v) is 2.86. The zero-order chi connectivity index (χ0) is 14.5. The molecule has 0 saturated heterocycles. The molecule has 0 spiro atoms. The maximum atomic E-state index is 5.77. The second-order valence-corrected chi connectivity index (χ2v) is 6.73. The molecule has 1 unspecified atom stereocenters. The summed E-state index contributed by atoms with van der Waals surface area (Å²) in [7, 11) is 0. The minimum Gasteiger partial charge on any atom is -0.469 e. The van der Waals surface area contributed by atoms with Gasteiger partial charge in [-0.05, 0) is 35.8 Å². The van der Waals surface area contributed by atoms with Gasteiger partial charge in [-0.2, -0.15) is 0 Å². The molecule has 1 heterocycles. The third-order valence-electron chi connectivity index (χ3n) is 4.52. The Morgan fingerprint density at radius 3 is 2.11 bits per heavy atom. The van der Waals surface area contributed by atoms with Crippen molar-refractivity contribution in [3.8, 4) is 0 Å². The number of furan rings is 1. The molecule has 19 heavy (non-hydrogen) atoms. The summed E-state index contributed by atoms with van der Waals surface area (Å²) >= 11 is 0. The molecule has 0 N–H and O–H groups in total. The summed E-state index contributed by atoms with van der Waals surface area (Å²) in [6.07, 6.45) is 8.67. The van der Waals surface area contributed by atoms with Crippen molar-refractivity contribution in [2.45, 2.75) is 85.5 Å². The molecule has 1 fully saturated rings. The Morgan fingerprint density at radius 1 is 1.16 bits per heavy atom. The minimum absolute atomic E-state index is 0.464. The van der Waals surface area contributed by atoms with Crippen molar-refractivity contribution < 1.29 is 4.42 Å². The van der Waals surface area contributed by atoms with Crippen molar-refractivity contribution in [1.29, 1.82) is 0 Å². The summed E-state index contributed by atoms with van der Waals surface area (Å²) in [6.45, 7) is 13.4. The maximum absolute atomic E-state index is 5.77. The molecule has 110 valence electrons. The Bertz CT molecular complexity index is 356. The first-order valence-corrected chi connectivity index (χ1v) is 8.03. The molecule has 1 aliphatic rings. The smallest absolute Gasteiger partial charge is 0.107 e. The van der Waals surface area contributed by atoms with Crippen LogP contribution in [0, 0.1) is 5.41 Å². The van der Waals surface area contributed by atoms with Gasteiger partial charge in [-0.1, -0.05) is 60.8 Å². The fourth-order valence-electron chi connectivity index (χ4n) is 2.86. The number of hydrogen-bond donors (Lipinski definition) is 0. The molecule has 1 heteroatoms. The first-order valence-electron chi connectivity index (χ1n) is 8.03. The van der Waals surface area contributed by atoms with Gasteiger partial charge in [-0.15, -0.1) is 0 Å². The van der Waals surface area contributed by atoms with Crippen molar-refractivity contribution in [2.24, 2.45) is 5.41 Å². The van der Waals surface area contributed by atoms with Gasteiger partial charge in [0.1, 0.15) is 5.76 Å². The van der Waals surface area contributed by atoms with Gasteiger partial charge >= 0.3 is 0 Å². The predicted octanol–water partition coefficient (Wildman–Crippen LogP) is 6.50. The Labute approximate surface area is 119 Å². The Kier molecular flexibility index (Phi) is 6.16. The first-order chi connectivity index (χ1) is 8.94. The van der Waals surface area contributed by atoms with E-state index in [1.54, 1.807) is 0 Å². The second-order valence-electron chi connectivity index (χ2n) is 6.73. The van der Waals surface area contributed by atoms with Crippen molar-refractivity contribution in [1.82, 2.24) is 0 Å². The van der Waals surface area contributed by atoms with E-state index in [4.69, 9.17) is 4.42 Å². The lowest BCUT2D eigenvalue weighted by Crippen LogP contribution is -2.19. The highest BCUT2D eigenvalue weighted by Crippen LogP contribution is 2.48. The predicted molar refractivity (Wildman–Crippen MR) is 83.8 cm³/mol. The maximum Gasteiger partial charge on any atom is 0.107 e. The van der Waals surface area contributed by atoms with E-state index in [1.807, 2.05) is 6.26 Å². The zero-order valence-corrected chi connectivity index (χ0v) is 13.8. The van der Waals surface area contributed by atoms with Gasteiger partial charge in [0.05, 0.1) is 6.26 Å². The van der Waals surface area contributed by atoms with Gasteiger partial charge in [0, 0.05) is 5.92 Å². The van der Waals surface area contributed by atoms with E-state index in [2.05, 4.69) is 47.6 Å². The van der Waals surface area contributed by atoms with Gasteiger partial charge in [-0.3, -0.25) is 0 Å². The third-order valence-corrected chi connectivity index (χ3v) is 4.52. The summed E-state index contributed by atoms with van der Waals surface area (Å²) in [5.74, 6) is 2.32. The molecule has 2 rings (SSSR count). The molecule has 0 bridgehead atoms. The van der Waals surface area contributed by atoms with Crippen LogP contribution < -0.4 is 0 Å². The van der Waals surface area contributed by atoms with Gasteiger partial charge in [-0.25, -0.2) is 0 Å². The standard InChI is InChI=1S/C15H24O.C3H8/c1-11(2)13-9-14(16-10-13)12(3)15(4)7-5-6-8-15;1-3-2/h9-12H,5-8H2,1-4H3;3H2,1-2H3. The van der Waals surface area contributed by atoms with E-state index in [0.29, 0.717) is 17.3 Å². The molecule has 1 nitrogen and oxygen atoms in total. The van der Waals surface area contributed by atoms with Crippen LogP contribution in [0.3, 0.4) is 0 Å². The monoisotopic (exact) mass is 264 g/mol. The Hall–Kier alpha value is -0.720. The molecule has 0 aromatic carbocycles. The van der Waals surface area contributed by atoms with Crippen LogP contribution in [0.1, 0.15) is 96.8 Å². The summed E-state index contributed by atoms with van der Waals surface area (Å²) in [4.78, 5) is 0. The van der Waals surface area contributed by atoms with Gasteiger partial charge in [0.2, 0.25) is 0 Å². The van der Waals surface area contributed by atoms with Crippen LogP contribution in [0.25, 0.3) is 0 Å². The second kappa shape index (κ2) is 7.17. The third kappa shape index (κ3) is 4.12. The highest BCUT2D eigenvalue weighted by molar-refractivity contribution is 5.20. The van der Waals surface area contributed by atoms with Crippen LogP contribution in [-0.4, -0.2) is 0 Å². The quantitative estimate of drug-likeness (QED) is 0.607. The lowest BCUT2D eigenvalue weighted by atomic mass is 9.75. The number of hydrogen-bond acceptors (Lipinski definition) is 1. The highest BCUT2D eigenvalue weighted by Gasteiger charge is 2.36. The van der Waals surface area contributed by atoms with E-state index >= 15 is 0 Å². The molecule has 1 atom stereocenters. The summed E-state index contributed by atoms with van der Waals surface area (Å²) in [6, 6.07) is 2.26. The topological polar surface area (TPSA) is 13.1 Å². The molecular weight excluding hydrogens is 232 g/mol. The van der Waals surface area contributed by atoms with E-state index in [0.717, 1.165) is 0 Å². The highest BCUT2D eigenvalue weighted by atomic mass is 16.3. The molecular formula is C18H32O. The van der Waals surface area contributed by atoms with Gasteiger partial charge in [0.15, 0.2) is 0 Å². The molecule has 1 aromatic heterocycles. The Morgan fingerprint density at radius 2 is 1.68 bits per heavy atom. The molecule has 0 radical (unpaired) electrons. The largest absolute Gasteiger partial charge is 0.469 e. The van der Waals surface area contributed by atoms with Crippen LogP contribution in [0.15, 0.2) is 16.7 Å². The Balaban J connectivity index is 0.000000550. The van der Waals surface area contributed by atoms with E-state index in [1.165, 1.54) is 43.4 Å². The van der Waals surface area contributed by atoms with Crippen LogP contribution in [-0.2, 0) is 0 Å². The summed E-state index contributed by atoms with van der Waals surface area (Å²) in [5, 5.41) is 0. The van der Waals surface area contributed by atoms with E-state index in [-0.39, 0.29) is 0 Å². The van der Waals surface area contributed by atoms with Crippen molar-refractivity contribution in [3.63, 3.8) is 0 Å². The van der Waals surface area contributed by atoms with Crippen molar-refractivity contribution in [2.75, 3.05) is 0 Å². The van der Waals surface area contributed by atoms with Gasteiger partial charge < -0.3 is 4.42 Å².